The quantitative estimate of drug-likeness (QED) is 0.669. The van der Waals surface area contributed by atoms with Crippen LogP contribution in [0.4, 0.5) is 10.1 Å². The van der Waals surface area contributed by atoms with E-state index in [4.69, 9.17) is 0 Å². The van der Waals surface area contributed by atoms with Crippen LogP contribution >= 0.6 is 0 Å². The minimum atomic E-state index is -3.97. The first kappa shape index (κ1) is 22.7. The molecule has 0 fully saturated rings. The number of hydrogen-bond acceptors (Lipinski definition) is 4. The van der Waals surface area contributed by atoms with Gasteiger partial charge in [-0.15, -0.1) is 0 Å². The molecule has 9 heteroatoms. The molecule has 3 rings (SSSR count). The molecule has 1 atom stereocenters. The summed E-state index contributed by atoms with van der Waals surface area (Å²) in [6.45, 7) is 5.15. The SMILES string of the molecule is CC(C)S(=O)(=O)Nc1ccc(S(=O)(=O)NCC2(C)CCCc3ccccc32)cc1F. The molecule has 0 spiro atoms. The molecule has 0 bridgehead atoms. The van der Waals surface area contributed by atoms with E-state index in [2.05, 4.69) is 15.5 Å². The average Bonchev–Trinajstić information content (AvgIpc) is 2.68. The van der Waals surface area contributed by atoms with Gasteiger partial charge in [0.2, 0.25) is 20.0 Å². The summed E-state index contributed by atoms with van der Waals surface area (Å²) in [4.78, 5) is -0.250. The maximum absolute atomic E-state index is 14.4. The third-order valence-electron chi connectivity index (χ3n) is 5.62. The molecule has 2 aromatic rings. The predicted octanol–water partition coefficient (Wildman–Crippen LogP) is 3.55. The lowest BCUT2D eigenvalue weighted by molar-refractivity contribution is 0.390. The summed E-state index contributed by atoms with van der Waals surface area (Å²) in [7, 11) is -7.71. The van der Waals surface area contributed by atoms with Gasteiger partial charge >= 0.3 is 0 Å². The van der Waals surface area contributed by atoms with Crippen molar-refractivity contribution in [1.29, 1.82) is 0 Å². The van der Waals surface area contributed by atoms with Crippen molar-refractivity contribution in [2.24, 2.45) is 0 Å². The fraction of sp³-hybridized carbons (Fsp3) is 0.429. The zero-order chi connectivity index (χ0) is 22.2. The lowest BCUT2D eigenvalue weighted by Crippen LogP contribution is -2.40. The van der Waals surface area contributed by atoms with Crippen molar-refractivity contribution in [2.75, 3.05) is 11.3 Å². The Morgan fingerprint density at radius 3 is 2.47 bits per heavy atom. The minimum Gasteiger partial charge on any atom is -0.280 e. The summed E-state index contributed by atoms with van der Waals surface area (Å²) in [6, 6.07) is 11.2. The van der Waals surface area contributed by atoms with Gasteiger partial charge in [-0.2, -0.15) is 0 Å². The minimum absolute atomic E-state index is 0.190. The van der Waals surface area contributed by atoms with Gasteiger partial charge in [-0.3, -0.25) is 4.72 Å². The molecule has 0 amide bonds. The molecule has 2 N–H and O–H groups in total. The molecule has 6 nitrogen and oxygen atoms in total. The molecule has 2 aromatic carbocycles. The molecular formula is C21H27FN2O4S2. The van der Waals surface area contributed by atoms with Crippen molar-refractivity contribution in [1.82, 2.24) is 4.72 Å². The van der Waals surface area contributed by atoms with Gasteiger partial charge in [0.05, 0.1) is 15.8 Å². The van der Waals surface area contributed by atoms with Gasteiger partial charge in [-0.1, -0.05) is 31.2 Å². The van der Waals surface area contributed by atoms with Crippen LogP contribution in [0.15, 0.2) is 47.4 Å². The normalized spacial score (nSPS) is 19.5. The summed E-state index contributed by atoms with van der Waals surface area (Å²) in [6.07, 6.45) is 2.78. The lowest BCUT2D eigenvalue weighted by Gasteiger charge is -2.36. The number of aryl methyl sites for hydroxylation is 1. The highest BCUT2D eigenvalue weighted by Gasteiger charge is 2.33. The van der Waals surface area contributed by atoms with Gasteiger partial charge in [0.15, 0.2) is 0 Å². The zero-order valence-electron chi connectivity index (χ0n) is 17.3. The third-order valence-corrected chi connectivity index (χ3v) is 8.76. The van der Waals surface area contributed by atoms with Crippen LogP contribution in [0.1, 0.15) is 44.7 Å². The van der Waals surface area contributed by atoms with Gasteiger partial charge in [0, 0.05) is 12.0 Å². The Balaban J connectivity index is 1.79. The third kappa shape index (κ3) is 4.68. The molecule has 0 aromatic heterocycles. The first-order chi connectivity index (χ1) is 13.9. The van der Waals surface area contributed by atoms with Crippen LogP contribution in [0.25, 0.3) is 0 Å². The Bertz CT molecular complexity index is 1150. The first-order valence-electron chi connectivity index (χ1n) is 9.84. The maximum Gasteiger partial charge on any atom is 0.240 e. The maximum atomic E-state index is 14.4. The monoisotopic (exact) mass is 454 g/mol. The van der Waals surface area contributed by atoms with E-state index in [1.165, 1.54) is 25.5 Å². The molecule has 164 valence electrons. The lowest BCUT2D eigenvalue weighted by atomic mass is 9.71. The van der Waals surface area contributed by atoms with E-state index >= 15 is 0 Å². The summed E-state index contributed by atoms with van der Waals surface area (Å²) >= 11 is 0. The van der Waals surface area contributed by atoms with E-state index in [0.29, 0.717) is 0 Å². The predicted molar refractivity (Wildman–Crippen MR) is 116 cm³/mol. The van der Waals surface area contributed by atoms with Gasteiger partial charge in [-0.05, 0) is 62.4 Å². The van der Waals surface area contributed by atoms with Crippen LogP contribution < -0.4 is 9.44 Å². The zero-order valence-corrected chi connectivity index (χ0v) is 18.9. The molecule has 0 heterocycles. The number of sulfonamides is 2. The number of nitrogens with one attached hydrogen (secondary N) is 2. The van der Waals surface area contributed by atoms with Crippen molar-refractivity contribution < 1.29 is 21.2 Å². The van der Waals surface area contributed by atoms with Crippen LogP contribution in [-0.2, 0) is 31.9 Å². The smallest absolute Gasteiger partial charge is 0.240 e. The summed E-state index contributed by atoms with van der Waals surface area (Å²) < 4.78 is 68.6. The Hall–Kier alpha value is -1.97. The highest BCUT2D eigenvalue weighted by molar-refractivity contribution is 7.93. The van der Waals surface area contributed by atoms with E-state index in [9.17, 15) is 21.2 Å². The standard InChI is InChI=1S/C21H27FN2O4S2/c1-15(2)29(25,26)24-20-11-10-17(13-19(20)22)30(27,28)23-14-21(3)12-6-8-16-7-4-5-9-18(16)21/h4-5,7,9-11,13,15,23-24H,6,8,12,14H2,1-3H3. The molecule has 0 saturated carbocycles. The molecule has 0 radical (unpaired) electrons. The second-order valence-corrected chi connectivity index (χ2v) is 12.2. The number of anilines is 1. The molecule has 0 saturated heterocycles. The fourth-order valence-electron chi connectivity index (χ4n) is 3.67. The summed E-state index contributed by atoms with van der Waals surface area (Å²) in [5.74, 6) is -0.948. The average molecular weight is 455 g/mol. The van der Waals surface area contributed by atoms with Crippen molar-refractivity contribution in [2.45, 2.75) is 55.6 Å². The number of rotatable bonds is 7. The van der Waals surface area contributed by atoms with E-state index < -0.39 is 31.1 Å². The van der Waals surface area contributed by atoms with E-state index in [0.717, 1.165) is 37.0 Å². The van der Waals surface area contributed by atoms with Crippen LogP contribution in [0.3, 0.4) is 0 Å². The van der Waals surface area contributed by atoms with Crippen molar-refractivity contribution in [3.05, 3.63) is 59.4 Å². The number of fused-ring (bicyclic) bond motifs is 1. The summed E-state index contributed by atoms with van der Waals surface area (Å²) in [5.41, 5.74) is 1.71. The Morgan fingerprint density at radius 1 is 1.10 bits per heavy atom. The van der Waals surface area contributed by atoms with Gasteiger partial charge < -0.3 is 0 Å². The highest BCUT2D eigenvalue weighted by atomic mass is 32.2. The van der Waals surface area contributed by atoms with Crippen LogP contribution in [0, 0.1) is 5.82 Å². The number of halogens is 1. The largest absolute Gasteiger partial charge is 0.280 e. The Labute approximate surface area is 178 Å². The second-order valence-electron chi connectivity index (χ2n) is 8.23. The molecule has 0 aliphatic heterocycles. The van der Waals surface area contributed by atoms with Crippen molar-refractivity contribution >= 4 is 25.7 Å². The molecule has 1 aliphatic rings. The van der Waals surface area contributed by atoms with Crippen molar-refractivity contribution in [3.63, 3.8) is 0 Å². The van der Waals surface area contributed by atoms with Gasteiger partial charge in [0.25, 0.3) is 0 Å². The fourth-order valence-corrected chi connectivity index (χ4v) is 5.56. The second kappa shape index (κ2) is 8.28. The van der Waals surface area contributed by atoms with Crippen LogP contribution in [-0.4, -0.2) is 28.6 Å². The Morgan fingerprint density at radius 2 is 1.80 bits per heavy atom. The van der Waals surface area contributed by atoms with Gasteiger partial charge in [-0.25, -0.2) is 25.9 Å². The first-order valence-corrected chi connectivity index (χ1v) is 12.9. The van der Waals surface area contributed by atoms with E-state index in [-0.39, 0.29) is 22.5 Å². The van der Waals surface area contributed by atoms with Crippen molar-refractivity contribution in [3.8, 4) is 0 Å². The molecule has 1 unspecified atom stereocenters. The van der Waals surface area contributed by atoms with Crippen LogP contribution in [0.5, 0.6) is 0 Å². The Kier molecular flexibility index (Phi) is 6.27. The van der Waals surface area contributed by atoms with E-state index in [1.54, 1.807) is 0 Å². The highest BCUT2D eigenvalue weighted by Crippen LogP contribution is 2.36. The topological polar surface area (TPSA) is 92.3 Å². The molecular weight excluding hydrogens is 427 g/mol. The van der Waals surface area contributed by atoms with Crippen LogP contribution in [0.2, 0.25) is 0 Å². The summed E-state index contributed by atoms with van der Waals surface area (Å²) in [5, 5.41) is -0.749. The number of hydrogen-bond donors (Lipinski definition) is 2. The van der Waals surface area contributed by atoms with E-state index in [1.807, 2.05) is 25.1 Å². The molecule has 30 heavy (non-hydrogen) atoms. The molecule has 1 aliphatic carbocycles. The van der Waals surface area contributed by atoms with Gasteiger partial charge in [0.1, 0.15) is 5.82 Å². The number of benzene rings is 2.